The molecule has 0 spiro atoms. The zero-order valence-corrected chi connectivity index (χ0v) is 6.82. The lowest BCUT2D eigenvalue weighted by Gasteiger charge is -1.77. The summed E-state index contributed by atoms with van der Waals surface area (Å²) in [4.78, 5) is 3.10. The molecule has 1 aromatic rings. The summed E-state index contributed by atoms with van der Waals surface area (Å²) in [6.07, 6.45) is 1.95. The molecule has 0 aliphatic carbocycles. The molecule has 0 aliphatic heterocycles. The lowest BCUT2D eigenvalue weighted by atomic mass is 10.7. The second-order valence-electron chi connectivity index (χ2n) is 1.33. The van der Waals surface area contributed by atoms with E-state index < -0.39 is 0 Å². The third kappa shape index (κ3) is 1.47. The van der Waals surface area contributed by atoms with Crippen molar-refractivity contribution >= 4 is 34.9 Å². The predicted octanol–water partition coefficient (Wildman–Crippen LogP) is 0.654. The molecule has 0 saturated heterocycles. The molecule has 1 aromatic heterocycles. The number of hydrogen-bond acceptors (Lipinski definition) is 0. The highest BCUT2D eigenvalue weighted by Gasteiger charge is 1.90. The van der Waals surface area contributed by atoms with E-state index in [0.29, 0.717) is 0 Å². The maximum Gasteiger partial charge on any atom is 0.531 e. The first-order valence-corrected chi connectivity index (χ1v) is 6.72. The molecule has 0 radical (unpaired) electrons. The van der Waals surface area contributed by atoms with E-state index in [1.54, 1.807) is 0 Å². The molecule has 0 bridgehead atoms. The second kappa shape index (κ2) is 2.74. The zero-order chi connectivity index (χ0) is 5.11. The van der Waals surface area contributed by atoms with Crippen molar-refractivity contribution in [2.24, 2.45) is 0 Å². The minimum Gasteiger partial charge on any atom is -0.392 e. The highest BCUT2D eigenvalue weighted by molar-refractivity contribution is 9.23. The summed E-state index contributed by atoms with van der Waals surface area (Å²) in [5.74, 6) is 0. The van der Waals surface area contributed by atoms with Gasteiger partial charge >= 0.3 is 18.2 Å². The third-order valence-corrected chi connectivity index (χ3v) is 3.35. The first-order valence-electron chi connectivity index (χ1n) is 2.11. The van der Waals surface area contributed by atoms with Crippen molar-refractivity contribution in [2.75, 3.05) is 0 Å². The Bertz CT molecular complexity index is 126. The molecule has 7 heavy (non-hydrogen) atoms. The van der Waals surface area contributed by atoms with Gasteiger partial charge in [0.05, 0.1) is 0 Å². The van der Waals surface area contributed by atoms with Crippen molar-refractivity contribution in [2.45, 2.75) is 0 Å². The van der Waals surface area contributed by atoms with Gasteiger partial charge in [-0.1, -0.05) is 9.89 Å². The Morgan fingerprint density at radius 3 is 2.86 bits per heavy atom. The highest BCUT2D eigenvalue weighted by atomic mass is 79.9. The second-order valence-corrected chi connectivity index (χ2v) is 4.04. The van der Waals surface area contributed by atoms with Crippen LogP contribution in [-0.4, -0.2) is 23.2 Å². The van der Waals surface area contributed by atoms with Gasteiger partial charge in [0.25, 0.3) is 0 Å². The average Bonchev–Trinajstić information content (AvgIpc) is 2.14. The third-order valence-electron chi connectivity index (χ3n) is 0.806. The summed E-state index contributed by atoms with van der Waals surface area (Å²) in [5, 5.41) is 0. The van der Waals surface area contributed by atoms with E-state index in [1.807, 2.05) is 12.3 Å². The highest BCUT2D eigenvalue weighted by Crippen LogP contribution is 1.77. The Morgan fingerprint density at radius 1 is 1.71 bits per heavy atom. The van der Waals surface area contributed by atoms with Crippen LogP contribution in [0.1, 0.15) is 0 Å². The van der Waals surface area contributed by atoms with Crippen molar-refractivity contribution in [1.82, 2.24) is 4.98 Å². The summed E-state index contributed by atoms with van der Waals surface area (Å²) >= 11 is 3.33. The first-order chi connectivity index (χ1) is 3.43. The van der Waals surface area contributed by atoms with Crippen LogP contribution in [0.15, 0.2) is 18.3 Å². The fourth-order valence-electron chi connectivity index (χ4n) is 0.451. The summed E-state index contributed by atoms with van der Waals surface area (Å²) < 4.78 is 1.36. The normalized spacial score (nSPS) is 8.14. The Kier molecular flexibility index (Phi) is 2.22. The molecule has 0 fully saturated rings. The van der Waals surface area contributed by atoms with Gasteiger partial charge in [0.2, 0.25) is 0 Å². The van der Waals surface area contributed by atoms with Crippen LogP contribution in [-0.2, 0) is 0 Å². The standard InChI is InChI=1S/C4H4N.BrH.Mg/c1-2-4-5-3-1;;/h1-3,5H;1H;/q;;+1/p-1. The number of aromatic nitrogens is 1. The van der Waals surface area contributed by atoms with Gasteiger partial charge in [0, 0.05) is 0 Å². The van der Waals surface area contributed by atoms with Gasteiger partial charge in [0.15, 0.2) is 0 Å². The van der Waals surface area contributed by atoms with E-state index in [0.717, 1.165) is 0 Å². The largest absolute Gasteiger partial charge is 0.531 e. The molecular formula is C4H4BrMgN. The van der Waals surface area contributed by atoms with Crippen molar-refractivity contribution in [3.05, 3.63) is 18.3 Å². The minimum atomic E-state index is -0.110. The predicted molar refractivity (Wildman–Crippen MR) is 35.1 cm³/mol. The van der Waals surface area contributed by atoms with Gasteiger partial charge in [-0.2, -0.15) is 0 Å². The fourth-order valence-corrected chi connectivity index (χ4v) is 1.92. The van der Waals surface area contributed by atoms with Crippen molar-refractivity contribution < 1.29 is 0 Å². The molecule has 0 aliphatic rings. The summed E-state index contributed by atoms with van der Waals surface area (Å²) in [6.45, 7) is 0. The molecule has 0 aromatic carbocycles. The molecule has 3 heteroatoms. The van der Waals surface area contributed by atoms with Crippen LogP contribution >= 0.6 is 12.9 Å². The van der Waals surface area contributed by atoms with Crippen LogP contribution in [0.5, 0.6) is 0 Å². The first kappa shape index (κ1) is 5.66. The number of hydrogen-bond donors (Lipinski definition) is 1. The van der Waals surface area contributed by atoms with Gasteiger partial charge < -0.3 is 4.98 Å². The van der Waals surface area contributed by atoms with Crippen molar-refractivity contribution in [3.63, 3.8) is 0 Å². The Labute approximate surface area is 58.1 Å². The number of halogens is 1. The lowest BCUT2D eigenvalue weighted by Crippen LogP contribution is -2.06. The van der Waals surface area contributed by atoms with Gasteiger partial charge in [-0.25, -0.2) is 0 Å². The number of rotatable bonds is 1. The van der Waals surface area contributed by atoms with Gasteiger partial charge in [-0.05, 0) is 12.3 Å². The molecular weight excluding hydrogens is 166 g/mol. The Morgan fingerprint density at radius 2 is 2.57 bits per heavy atom. The van der Waals surface area contributed by atoms with Crippen LogP contribution in [0.25, 0.3) is 0 Å². The van der Waals surface area contributed by atoms with Crippen LogP contribution in [0.3, 0.4) is 0 Å². The van der Waals surface area contributed by atoms with Crippen LogP contribution in [0.4, 0.5) is 0 Å². The molecule has 1 N–H and O–H groups in total. The SMILES string of the molecule is [Br][Mg][c]1ccc[nH]1. The van der Waals surface area contributed by atoms with Gasteiger partial charge in [0.1, 0.15) is 0 Å². The fraction of sp³-hybridized carbons (Fsp3) is 0. The summed E-state index contributed by atoms with van der Waals surface area (Å²) in [5.41, 5.74) is 0. The molecule has 0 amide bonds. The molecule has 1 nitrogen and oxygen atoms in total. The van der Waals surface area contributed by atoms with Crippen LogP contribution in [0.2, 0.25) is 0 Å². The number of aromatic amines is 1. The molecule has 1 rings (SSSR count). The number of H-pyrrole nitrogens is 1. The Balaban J connectivity index is 2.76. The molecule has 0 atom stereocenters. The van der Waals surface area contributed by atoms with E-state index in [9.17, 15) is 0 Å². The molecule has 34 valence electrons. The molecule has 0 saturated carbocycles. The average molecular weight is 170 g/mol. The van der Waals surface area contributed by atoms with E-state index in [-0.39, 0.29) is 18.2 Å². The van der Waals surface area contributed by atoms with Crippen molar-refractivity contribution in [3.8, 4) is 0 Å². The van der Waals surface area contributed by atoms with Gasteiger partial charge in [-0.15, -0.1) is 0 Å². The maximum absolute atomic E-state index is 3.44. The maximum atomic E-state index is 3.44. The van der Waals surface area contributed by atoms with E-state index in [1.165, 1.54) is 3.82 Å². The van der Waals surface area contributed by atoms with E-state index in [4.69, 9.17) is 0 Å². The number of nitrogens with one attached hydrogen (secondary N) is 1. The topological polar surface area (TPSA) is 15.8 Å². The van der Waals surface area contributed by atoms with E-state index in [2.05, 4.69) is 23.9 Å². The molecule has 0 unspecified atom stereocenters. The molecule has 1 heterocycles. The Hall–Kier alpha value is 0.526. The van der Waals surface area contributed by atoms with Gasteiger partial charge in [-0.3, -0.25) is 12.9 Å². The zero-order valence-electron chi connectivity index (χ0n) is 3.82. The van der Waals surface area contributed by atoms with Crippen LogP contribution < -0.4 is 3.82 Å². The van der Waals surface area contributed by atoms with E-state index >= 15 is 0 Å². The minimum absolute atomic E-state index is 0.110. The quantitative estimate of drug-likeness (QED) is 0.596. The summed E-state index contributed by atoms with van der Waals surface area (Å²) in [7, 11) is 0. The monoisotopic (exact) mass is 169 g/mol. The lowest BCUT2D eigenvalue weighted by molar-refractivity contribution is 1.47. The summed E-state index contributed by atoms with van der Waals surface area (Å²) in [6, 6.07) is 4.12. The smallest absolute Gasteiger partial charge is 0.392 e. The van der Waals surface area contributed by atoms with Crippen molar-refractivity contribution in [1.29, 1.82) is 0 Å². The van der Waals surface area contributed by atoms with Crippen LogP contribution in [0, 0.1) is 0 Å².